The highest BCUT2D eigenvalue weighted by molar-refractivity contribution is 7.99. The van der Waals surface area contributed by atoms with E-state index in [0.29, 0.717) is 11.7 Å². The highest BCUT2D eigenvalue weighted by Gasteiger charge is 2.16. The number of nitrogens with zero attached hydrogens (tertiary/aromatic N) is 3. The van der Waals surface area contributed by atoms with Crippen LogP contribution < -0.4 is 11.1 Å². The number of anilines is 2. The van der Waals surface area contributed by atoms with Crippen LogP contribution in [0, 0.1) is 0 Å². The number of hydrogen-bond donors (Lipinski definition) is 3. The summed E-state index contributed by atoms with van der Waals surface area (Å²) in [4.78, 5) is 15.5. The predicted octanol–water partition coefficient (Wildman–Crippen LogP) is 1.24. The van der Waals surface area contributed by atoms with Crippen LogP contribution in [0.2, 0.25) is 0 Å². The van der Waals surface area contributed by atoms with Crippen molar-refractivity contribution in [1.82, 2.24) is 19.9 Å². The highest BCUT2D eigenvalue weighted by atomic mass is 32.2. The van der Waals surface area contributed by atoms with E-state index in [0.717, 1.165) is 17.1 Å². The molecule has 2 aromatic heterocycles. The van der Waals surface area contributed by atoms with Crippen LogP contribution in [-0.4, -0.2) is 37.5 Å². The van der Waals surface area contributed by atoms with Crippen molar-refractivity contribution < 1.29 is 0 Å². The van der Waals surface area contributed by atoms with Crippen molar-refractivity contribution in [1.29, 1.82) is 0 Å². The molecule has 2 aromatic rings. The standard InChI is InChI=1S/C10H14N6S/c11-10-15-8-7(12-5-13-8)9(16-10)14-6-2-1-3-17-4-6/h5-6H,1-4H2,(H4,11,12,13,14,15,16). The lowest BCUT2D eigenvalue weighted by Crippen LogP contribution is -2.26. The van der Waals surface area contributed by atoms with E-state index in [4.69, 9.17) is 5.73 Å². The van der Waals surface area contributed by atoms with Crippen LogP contribution in [0.3, 0.4) is 0 Å². The number of nitrogen functional groups attached to an aromatic ring is 1. The zero-order chi connectivity index (χ0) is 11.7. The van der Waals surface area contributed by atoms with Gasteiger partial charge in [0.05, 0.1) is 6.33 Å². The number of imidazole rings is 1. The third-order valence-electron chi connectivity index (χ3n) is 2.80. The van der Waals surface area contributed by atoms with Crippen LogP contribution in [0.1, 0.15) is 12.8 Å². The van der Waals surface area contributed by atoms with Gasteiger partial charge in [-0.05, 0) is 18.6 Å². The average molecular weight is 250 g/mol. The van der Waals surface area contributed by atoms with Crippen molar-refractivity contribution in [2.45, 2.75) is 18.9 Å². The second kappa shape index (κ2) is 4.40. The first kappa shape index (κ1) is 10.6. The van der Waals surface area contributed by atoms with Crippen LogP contribution in [0.15, 0.2) is 6.33 Å². The average Bonchev–Trinajstić information content (AvgIpc) is 2.78. The SMILES string of the molecule is Nc1nc(NC2CCCSC2)c2[nH]cnc2n1. The zero-order valence-electron chi connectivity index (χ0n) is 9.31. The minimum absolute atomic E-state index is 0.260. The van der Waals surface area contributed by atoms with E-state index in [2.05, 4.69) is 25.3 Å². The number of thioether (sulfide) groups is 1. The van der Waals surface area contributed by atoms with Gasteiger partial charge < -0.3 is 16.0 Å². The van der Waals surface area contributed by atoms with Gasteiger partial charge >= 0.3 is 0 Å². The Morgan fingerprint density at radius 2 is 2.41 bits per heavy atom. The van der Waals surface area contributed by atoms with Gasteiger partial charge in [-0.15, -0.1) is 0 Å². The first-order valence-corrected chi connectivity index (χ1v) is 6.79. The third-order valence-corrected chi connectivity index (χ3v) is 4.02. The van der Waals surface area contributed by atoms with Crippen molar-refractivity contribution in [2.24, 2.45) is 0 Å². The molecule has 0 radical (unpaired) electrons. The quantitative estimate of drug-likeness (QED) is 0.742. The predicted molar refractivity (Wildman–Crippen MR) is 70.1 cm³/mol. The Kier molecular flexibility index (Phi) is 2.76. The normalized spacial score (nSPS) is 20.6. The Balaban J connectivity index is 1.90. The van der Waals surface area contributed by atoms with Gasteiger partial charge in [0.15, 0.2) is 11.5 Å². The molecular formula is C10H14N6S. The molecule has 3 rings (SSSR count). The van der Waals surface area contributed by atoms with Gasteiger partial charge in [-0.3, -0.25) is 0 Å². The maximum atomic E-state index is 5.67. The molecule has 1 saturated heterocycles. The zero-order valence-corrected chi connectivity index (χ0v) is 10.1. The summed E-state index contributed by atoms with van der Waals surface area (Å²) in [7, 11) is 0. The second-order valence-corrected chi connectivity index (χ2v) is 5.24. The number of nitrogens with two attached hydrogens (primary N) is 1. The molecule has 17 heavy (non-hydrogen) atoms. The van der Waals surface area contributed by atoms with Gasteiger partial charge in [-0.25, -0.2) is 4.98 Å². The number of aromatic amines is 1. The van der Waals surface area contributed by atoms with E-state index in [9.17, 15) is 0 Å². The van der Waals surface area contributed by atoms with E-state index < -0.39 is 0 Å². The third kappa shape index (κ3) is 2.14. The Morgan fingerprint density at radius 3 is 3.24 bits per heavy atom. The summed E-state index contributed by atoms with van der Waals surface area (Å²) in [6.45, 7) is 0. The summed E-state index contributed by atoms with van der Waals surface area (Å²) >= 11 is 1.97. The maximum absolute atomic E-state index is 5.67. The van der Waals surface area contributed by atoms with Gasteiger partial charge in [0, 0.05) is 11.8 Å². The van der Waals surface area contributed by atoms with Crippen LogP contribution in [0.25, 0.3) is 11.2 Å². The molecule has 7 heteroatoms. The molecule has 90 valence electrons. The van der Waals surface area contributed by atoms with Crippen LogP contribution in [-0.2, 0) is 0 Å². The smallest absolute Gasteiger partial charge is 0.224 e. The van der Waals surface area contributed by atoms with E-state index >= 15 is 0 Å². The first-order chi connectivity index (χ1) is 8.33. The summed E-state index contributed by atoms with van der Waals surface area (Å²) in [6.07, 6.45) is 4.03. The monoisotopic (exact) mass is 250 g/mol. The molecular weight excluding hydrogens is 236 g/mol. The summed E-state index contributed by atoms with van der Waals surface area (Å²) in [5.41, 5.74) is 7.11. The Morgan fingerprint density at radius 1 is 1.47 bits per heavy atom. The number of fused-ring (bicyclic) bond motifs is 1. The molecule has 0 aliphatic carbocycles. The first-order valence-electron chi connectivity index (χ1n) is 5.64. The second-order valence-electron chi connectivity index (χ2n) is 4.09. The van der Waals surface area contributed by atoms with Crippen molar-refractivity contribution in [3.05, 3.63) is 6.33 Å². The van der Waals surface area contributed by atoms with Crippen LogP contribution in [0.5, 0.6) is 0 Å². The van der Waals surface area contributed by atoms with Gasteiger partial charge in [-0.1, -0.05) is 0 Å². The fourth-order valence-corrected chi connectivity index (χ4v) is 3.07. The van der Waals surface area contributed by atoms with E-state index in [1.54, 1.807) is 6.33 Å². The Bertz CT molecular complexity index is 518. The minimum atomic E-state index is 0.260. The molecule has 1 aliphatic heterocycles. The Hall–Kier alpha value is -1.50. The van der Waals surface area contributed by atoms with Crippen LogP contribution >= 0.6 is 11.8 Å². The van der Waals surface area contributed by atoms with Gasteiger partial charge in [0.1, 0.15) is 5.52 Å². The molecule has 4 N–H and O–H groups in total. The topological polar surface area (TPSA) is 92.5 Å². The summed E-state index contributed by atoms with van der Waals surface area (Å²) in [5.74, 6) is 3.39. The van der Waals surface area contributed by atoms with Crippen molar-refractivity contribution in [3.63, 3.8) is 0 Å². The van der Waals surface area contributed by atoms with Gasteiger partial charge in [-0.2, -0.15) is 21.7 Å². The van der Waals surface area contributed by atoms with Crippen molar-refractivity contribution >= 4 is 34.7 Å². The van der Waals surface area contributed by atoms with E-state index in [1.165, 1.54) is 18.6 Å². The lowest BCUT2D eigenvalue weighted by atomic mass is 10.2. The molecule has 0 aromatic carbocycles. The molecule has 0 saturated carbocycles. The van der Waals surface area contributed by atoms with E-state index in [1.807, 2.05) is 11.8 Å². The number of nitrogens with one attached hydrogen (secondary N) is 2. The summed E-state index contributed by atoms with van der Waals surface area (Å²) in [6, 6.07) is 0.453. The molecule has 0 bridgehead atoms. The number of hydrogen-bond acceptors (Lipinski definition) is 6. The molecule has 0 amide bonds. The van der Waals surface area contributed by atoms with E-state index in [-0.39, 0.29) is 5.95 Å². The molecule has 1 aliphatic rings. The number of H-pyrrole nitrogens is 1. The molecule has 0 spiro atoms. The molecule has 1 fully saturated rings. The fraction of sp³-hybridized carbons (Fsp3) is 0.500. The number of aromatic nitrogens is 4. The van der Waals surface area contributed by atoms with Crippen LogP contribution in [0.4, 0.5) is 11.8 Å². The molecule has 6 nitrogen and oxygen atoms in total. The fourth-order valence-electron chi connectivity index (χ4n) is 2.00. The van der Waals surface area contributed by atoms with Gasteiger partial charge in [0.2, 0.25) is 5.95 Å². The van der Waals surface area contributed by atoms with Crippen molar-refractivity contribution in [2.75, 3.05) is 22.6 Å². The highest BCUT2D eigenvalue weighted by Crippen LogP contribution is 2.23. The maximum Gasteiger partial charge on any atom is 0.224 e. The summed E-state index contributed by atoms with van der Waals surface area (Å²) in [5, 5.41) is 3.43. The number of rotatable bonds is 2. The molecule has 3 heterocycles. The van der Waals surface area contributed by atoms with Gasteiger partial charge in [0.25, 0.3) is 0 Å². The molecule has 1 atom stereocenters. The molecule has 1 unspecified atom stereocenters. The minimum Gasteiger partial charge on any atom is -0.368 e. The largest absolute Gasteiger partial charge is 0.368 e. The van der Waals surface area contributed by atoms with Crippen molar-refractivity contribution in [3.8, 4) is 0 Å². The lowest BCUT2D eigenvalue weighted by Gasteiger charge is -2.23. The Labute approximate surface area is 103 Å². The summed E-state index contributed by atoms with van der Waals surface area (Å²) < 4.78 is 0. The lowest BCUT2D eigenvalue weighted by molar-refractivity contribution is 0.683.